The highest BCUT2D eigenvalue weighted by Gasteiger charge is 2.19. The van der Waals surface area contributed by atoms with Crippen molar-refractivity contribution in [1.82, 2.24) is 0 Å². The highest BCUT2D eigenvalue weighted by molar-refractivity contribution is 5.71. The van der Waals surface area contributed by atoms with Crippen LogP contribution in [0.25, 0.3) is 0 Å². The van der Waals surface area contributed by atoms with E-state index in [9.17, 15) is 14.4 Å². The second-order valence-electron chi connectivity index (χ2n) is 21.6. The number of rotatable bonds is 59. The molecule has 0 aromatic rings. The molecule has 0 N–H and O–H groups in total. The van der Waals surface area contributed by atoms with Gasteiger partial charge < -0.3 is 14.2 Å². The molecule has 454 valence electrons. The maximum atomic E-state index is 12.9. The van der Waals surface area contributed by atoms with E-state index in [-0.39, 0.29) is 37.5 Å². The summed E-state index contributed by atoms with van der Waals surface area (Å²) in [4.78, 5) is 38.3. The number of carbonyl (C=O) groups excluding carboxylic acids is 3. The van der Waals surface area contributed by atoms with Gasteiger partial charge in [-0.2, -0.15) is 0 Å². The van der Waals surface area contributed by atoms with Crippen LogP contribution >= 0.6 is 0 Å². The van der Waals surface area contributed by atoms with Gasteiger partial charge in [0.2, 0.25) is 0 Å². The lowest BCUT2D eigenvalue weighted by Crippen LogP contribution is -2.30. The van der Waals surface area contributed by atoms with Crippen LogP contribution in [0.2, 0.25) is 0 Å². The van der Waals surface area contributed by atoms with Crippen molar-refractivity contribution in [2.75, 3.05) is 13.2 Å². The van der Waals surface area contributed by atoms with Crippen LogP contribution in [0.3, 0.4) is 0 Å². The zero-order valence-corrected chi connectivity index (χ0v) is 52.0. The first-order valence-electron chi connectivity index (χ1n) is 33.2. The third kappa shape index (κ3) is 64.4. The number of hydrogen-bond acceptors (Lipinski definition) is 6. The van der Waals surface area contributed by atoms with E-state index in [1.165, 1.54) is 135 Å². The summed E-state index contributed by atoms with van der Waals surface area (Å²) >= 11 is 0. The molecule has 0 rings (SSSR count). The van der Waals surface area contributed by atoms with E-state index in [1.54, 1.807) is 0 Å². The number of ether oxygens (including phenoxy) is 3. The normalized spacial score (nSPS) is 13.0. The summed E-state index contributed by atoms with van der Waals surface area (Å²) in [6.45, 7) is 6.34. The topological polar surface area (TPSA) is 78.9 Å². The van der Waals surface area contributed by atoms with E-state index in [1.807, 2.05) is 6.08 Å². The Morgan fingerprint density at radius 1 is 0.263 bits per heavy atom. The Morgan fingerprint density at radius 2 is 0.512 bits per heavy atom. The Balaban J connectivity index is 4.42. The monoisotopic (exact) mass is 1110 g/mol. The fourth-order valence-electron chi connectivity index (χ4n) is 9.03. The molecule has 6 heteroatoms. The number of allylic oxidation sites excluding steroid dienone is 22. The van der Waals surface area contributed by atoms with E-state index >= 15 is 0 Å². The van der Waals surface area contributed by atoms with Crippen molar-refractivity contribution in [2.45, 2.75) is 303 Å². The minimum absolute atomic E-state index is 0.120. The summed E-state index contributed by atoms with van der Waals surface area (Å²) in [7, 11) is 0. The molecule has 0 saturated carbocycles. The summed E-state index contributed by atoms with van der Waals surface area (Å²) < 4.78 is 16.8. The van der Waals surface area contributed by atoms with Gasteiger partial charge in [0.05, 0.1) is 0 Å². The van der Waals surface area contributed by atoms with E-state index in [2.05, 4.69) is 148 Å². The Morgan fingerprint density at radius 3 is 0.838 bits per heavy atom. The first-order valence-corrected chi connectivity index (χ1v) is 33.2. The van der Waals surface area contributed by atoms with Crippen molar-refractivity contribution in [3.8, 4) is 0 Å². The third-order valence-electron chi connectivity index (χ3n) is 13.9. The number of esters is 3. The number of unbranched alkanes of at least 4 members (excludes halogenated alkanes) is 26. The zero-order chi connectivity index (χ0) is 57.8. The molecule has 0 aliphatic heterocycles. The lowest BCUT2D eigenvalue weighted by molar-refractivity contribution is -0.166. The molecule has 0 saturated heterocycles. The molecule has 0 aliphatic rings. The first kappa shape index (κ1) is 75.5. The second-order valence-corrected chi connectivity index (χ2v) is 21.6. The Bertz CT molecular complexity index is 1700. The maximum Gasteiger partial charge on any atom is 0.306 e. The molecule has 0 spiro atoms. The Labute approximate surface area is 494 Å². The predicted molar refractivity (Wildman–Crippen MR) is 348 cm³/mol. The predicted octanol–water partition coefficient (Wildman–Crippen LogP) is 22.9. The molecule has 1 atom stereocenters. The van der Waals surface area contributed by atoms with Gasteiger partial charge in [-0.1, -0.05) is 309 Å². The van der Waals surface area contributed by atoms with Crippen molar-refractivity contribution < 1.29 is 28.6 Å². The van der Waals surface area contributed by atoms with Crippen LogP contribution < -0.4 is 0 Å². The van der Waals surface area contributed by atoms with Crippen molar-refractivity contribution >= 4 is 17.9 Å². The van der Waals surface area contributed by atoms with Gasteiger partial charge in [0, 0.05) is 19.3 Å². The van der Waals surface area contributed by atoms with Gasteiger partial charge in [0.15, 0.2) is 6.10 Å². The third-order valence-corrected chi connectivity index (χ3v) is 13.9. The Hall–Kier alpha value is -4.45. The van der Waals surface area contributed by atoms with Crippen molar-refractivity contribution in [1.29, 1.82) is 0 Å². The molecule has 80 heavy (non-hydrogen) atoms. The molecule has 0 aromatic carbocycles. The molecule has 0 bridgehead atoms. The van der Waals surface area contributed by atoms with Crippen molar-refractivity contribution in [3.63, 3.8) is 0 Å². The van der Waals surface area contributed by atoms with Crippen LogP contribution in [0.1, 0.15) is 297 Å². The zero-order valence-electron chi connectivity index (χ0n) is 52.0. The van der Waals surface area contributed by atoms with Gasteiger partial charge in [-0.25, -0.2) is 0 Å². The van der Waals surface area contributed by atoms with Gasteiger partial charge in [-0.3, -0.25) is 14.4 Å². The summed E-state index contributed by atoms with van der Waals surface area (Å²) in [6, 6.07) is 0. The molecule has 0 aromatic heterocycles. The highest BCUT2D eigenvalue weighted by Crippen LogP contribution is 2.17. The van der Waals surface area contributed by atoms with Crippen LogP contribution in [0.5, 0.6) is 0 Å². The summed E-state index contributed by atoms with van der Waals surface area (Å²) in [5.41, 5.74) is 0. The van der Waals surface area contributed by atoms with Gasteiger partial charge in [0.1, 0.15) is 13.2 Å². The fraction of sp³-hybridized carbons (Fsp3) is 0.662. The summed E-state index contributed by atoms with van der Waals surface area (Å²) in [5.74, 6) is -1.03. The first-order chi connectivity index (χ1) is 39.5. The van der Waals surface area contributed by atoms with Gasteiger partial charge in [-0.15, -0.1) is 0 Å². The number of hydrogen-bond donors (Lipinski definition) is 0. The lowest BCUT2D eigenvalue weighted by atomic mass is 10.0. The quantitative estimate of drug-likeness (QED) is 0.0261. The lowest BCUT2D eigenvalue weighted by Gasteiger charge is -2.18. The fourth-order valence-corrected chi connectivity index (χ4v) is 9.03. The highest BCUT2D eigenvalue weighted by atomic mass is 16.6. The van der Waals surface area contributed by atoms with Crippen LogP contribution in [0, 0.1) is 0 Å². The standard InChI is InChI=1S/C74H122O6/c1-4-7-10-13-16-19-22-25-27-29-31-33-35-37-39-40-42-44-46-49-52-55-58-61-64-67-73(76)79-70-71(69-78-72(75)66-63-60-57-54-51-48-24-21-18-15-12-9-6-3)80-74(77)68-65-62-59-56-53-50-47-45-43-41-38-36-34-32-30-28-26-23-20-17-14-11-8-5-2/h7,9-10,12,16,18-19,21,25,27,31,33,37,39,42,44,48-49,51-52,57,60,71H,4-6,8,11,13-15,17,20,22-24,26,28-30,32,34-36,38,40-41,43,45-47,50,53-56,58-59,61-70H2,1-3H3/b10-7-,12-9-,19-16-,21-18-,27-25-,33-31-,39-37-,44-42-,51-48-,52-49-,60-57-. The SMILES string of the molecule is CC/C=C\C/C=C\C/C=C\C/C=C\C/C=C\C/C=C\C/C=C\CCCCCC(=O)OCC(COC(=O)CC/C=C\C/C=C\C/C=C\C/C=C\CC)OC(=O)CCCCCCCCCCCCCCCCCCCCCCCCCC. The average Bonchev–Trinajstić information content (AvgIpc) is 3.46. The second kappa shape index (κ2) is 67.1. The molecule has 6 nitrogen and oxygen atoms in total. The van der Waals surface area contributed by atoms with Gasteiger partial charge >= 0.3 is 17.9 Å². The summed E-state index contributed by atoms with van der Waals surface area (Å²) in [5, 5.41) is 0. The van der Waals surface area contributed by atoms with Gasteiger partial charge in [0.25, 0.3) is 0 Å². The molecular formula is C74H122O6. The molecule has 0 aliphatic carbocycles. The van der Waals surface area contributed by atoms with Crippen LogP contribution in [-0.4, -0.2) is 37.2 Å². The molecule has 0 radical (unpaired) electrons. The van der Waals surface area contributed by atoms with Crippen molar-refractivity contribution in [3.05, 3.63) is 134 Å². The smallest absolute Gasteiger partial charge is 0.306 e. The maximum absolute atomic E-state index is 12.9. The van der Waals surface area contributed by atoms with E-state index in [4.69, 9.17) is 14.2 Å². The van der Waals surface area contributed by atoms with Crippen molar-refractivity contribution in [2.24, 2.45) is 0 Å². The molecular weight excluding hydrogens is 985 g/mol. The molecule has 1 unspecified atom stereocenters. The molecule has 0 fully saturated rings. The largest absolute Gasteiger partial charge is 0.462 e. The minimum atomic E-state index is -0.825. The average molecular weight is 1110 g/mol. The van der Waals surface area contributed by atoms with Crippen LogP contribution in [0.4, 0.5) is 0 Å². The van der Waals surface area contributed by atoms with E-state index < -0.39 is 6.10 Å². The number of carbonyl (C=O) groups is 3. The van der Waals surface area contributed by atoms with E-state index in [0.717, 1.165) is 116 Å². The Kier molecular flexibility index (Phi) is 63.3. The minimum Gasteiger partial charge on any atom is -0.462 e. The molecule has 0 heterocycles. The molecule has 0 amide bonds. The van der Waals surface area contributed by atoms with Gasteiger partial charge in [-0.05, 0) is 103 Å². The van der Waals surface area contributed by atoms with Crippen LogP contribution in [0.15, 0.2) is 134 Å². The van der Waals surface area contributed by atoms with E-state index in [0.29, 0.717) is 19.3 Å². The van der Waals surface area contributed by atoms with Crippen LogP contribution in [-0.2, 0) is 28.6 Å². The summed E-state index contributed by atoms with van der Waals surface area (Å²) in [6.07, 6.45) is 94.9.